The Hall–Kier alpha value is -2.20. The zero-order valence-electron chi connectivity index (χ0n) is 12.2. The molecule has 0 radical (unpaired) electrons. The third kappa shape index (κ3) is 2.11. The number of nitrogens with zero attached hydrogens (tertiary/aromatic N) is 2. The summed E-state index contributed by atoms with van der Waals surface area (Å²) in [5, 5.41) is 2.56. The lowest BCUT2D eigenvalue weighted by molar-refractivity contribution is -0.131. The van der Waals surface area contributed by atoms with Gasteiger partial charge in [0.2, 0.25) is 5.60 Å². The van der Waals surface area contributed by atoms with E-state index in [0.717, 1.165) is 12.1 Å². The highest BCUT2D eigenvalue weighted by Crippen LogP contribution is 2.41. The first-order valence-corrected chi connectivity index (χ1v) is 6.98. The van der Waals surface area contributed by atoms with E-state index in [1.165, 1.54) is 0 Å². The van der Waals surface area contributed by atoms with Crippen LogP contribution >= 0.6 is 0 Å². The SMILES string of the molecule is [C-]#[N+][C@@H]1C[C@]2(CN1C(C)C)Oc1cc(F)c(F)cc1NC2=O. The van der Waals surface area contributed by atoms with Gasteiger partial charge in [0.25, 0.3) is 12.1 Å². The topological polar surface area (TPSA) is 45.9 Å². The van der Waals surface area contributed by atoms with Gasteiger partial charge < -0.3 is 10.1 Å². The van der Waals surface area contributed by atoms with Crippen LogP contribution in [0.1, 0.15) is 20.3 Å². The average molecular weight is 307 g/mol. The molecule has 2 atom stereocenters. The maximum absolute atomic E-state index is 13.4. The minimum absolute atomic E-state index is 0.0706. The average Bonchev–Trinajstić information content (AvgIpc) is 2.83. The monoisotopic (exact) mass is 307 g/mol. The highest BCUT2D eigenvalue weighted by atomic mass is 19.2. The van der Waals surface area contributed by atoms with Gasteiger partial charge in [0.1, 0.15) is 5.75 Å². The lowest BCUT2D eigenvalue weighted by atomic mass is 9.98. The van der Waals surface area contributed by atoms with Crippen LogP contribution in [0.3, 0.4) is 0 Å². The molecule has 1 spiro atoms. The molecule has 7 heteroatoms. The van der Waals surface area contributed by atoms with Crippen LogP contribution < -0.4 is 10.1 Å². The summed E-state index contributed by atoms with van der Waals surface area (Å²) >= 11 is 0. The maximum Gasteiger partial charge on any atom is 0.284 e. The molecule has 0 unspecified atom stereocenters. The third-order valence-corrected chi connectivity index (χ3v) is 4.14. The summed E-state index contributed by atoms with van der Waals surface area (Å²) in [6.45, 7) is 11.4. The van der Waals surface area contributed by atoms with E-state index in [-0.39, 0.29) is 30.4 Å². The summed E-state index contributed by atoms with van der Waals surface area (Å²) in [4.78, 5) is 17.8. The molecule has 0 bridgehead atoms. The van der Waals surface area contributed by atoms with E-state index in [2.05, 4.69) is 10.2 Å². The molecule has 0 aromatic heterocycles. The highest BCUT2D eigenvalue weighted by molar-refractivity contribution is 6.01. The van der Waals surface area contributed by atoms with Crippen LogP contribution in [0.25, 0.3) is 4.85 Å². The molecule has 1 amide bonds. The number of amides is 1. The molecule has 1 aromatic rings. The van der Waals surface area contributed by atoms with Gasteiger partial charge in [0.15, 0.2) is 11.6 Å². The summed E-state index contributed by atoms with van der Waals surface area (Å²) in [5.74, 6) is -2.42. The number of halogens is 2. The maximum atomic E-state index is 13.4. The summed E-state index contributed by atoms with van der Waals surface area (Å²) in [6.07, 6.45) is -0.281. The zero-order valence-corrected chi connectivity index (χ0v) is 12.2. The van der Waals surface area contributed by atoms with Crippen molar-refractivity contribution in [1.29, 1.82) is 0 Å². The second kappa shape index (κ2) is 4.92. The van der Waals surface area contributed by atoms with Gasteiger partial charge in [-0.05, 0) is 13.8 Å². The molecule has 2 aliphatic rings. The molecule has 0 aliphatic carbocycles. The Bertz CT molecular complexity index is 686. The predicted molar refractivity (Wildman–Crippen MR) is 75.2 cm³/mol. The van der Waals surface area contributed by atoms with Gasteiger partial charge in [-0.25, -0.2) is 20.3 Å². The van der Waals surface area contributed by atoms with Gasteiger partial charge in [-0.2, -0.15) is 0 Å². The molecule has 5 nitrogen and oxygen atoms in total. The second-order valence-corrected chi connectivity index (χ2v) is 5.89. The Labute approximate surface area is 126 Å². The molecule has 1 aromatic carbocycles. The molecule has 0 saturated carbocycles. The van der Waals surface area contributed by atoms with Crippen molar-refractivity contribution in [2.24, 2.45) is 0 Å². The van der Waals surface area contributed by atoms with Crippen LogP contribution in [-0.4, -0.2) is 35.2 Å². The molecule has 1 saturated heterocycles. The Kier molecular flexibility index (Phi) is 3.29. The number of likely N-dealkylation sites (tertiary alicyclic amines) is 1. The number of carbonyl (C=O) groups excluding carboxylic acids is 1. The fraction of sp³-hybridized carbons (Fsp3) is 0.467. The van der Waals surface area contributed by atoms with Crippen molar-refractivity contribution in [1.82, 2.24) is 4.90 Å². The first-order valence-electron chi connectivity index (χ1n) is 6.98. The van der Waals surface area contributed by atoms with Crippen molar-refractivity contribution < 1.29 is 18.3 Å². The number of rotatable bonds is 1. The van der Waals surface area contributed by atoms with Crippen LogP contribution in [0.4, 0.5) is 14.5 Å². The minimum Gasteiger partial charge on any atom is -0.473 e. The molecule has 3 rings (SSSR count). The van der Waals surface area contributed by atoms with E-state index in [4.69, 9.17) is 11.3 Å². The van der Waals surface area contributed by atoms with Crippen molar-refractivity contribution in [2.75, 3.05) is 11.9 Å². The molecule has 116 valence electrons. The number of nitrogens with one attached hydrogen (secondary N) is 1. The predicted octanol–water partition coefficient (Wildman–Crippen LogP) is 2.39. The van der Waals surface area contributed by atoms with Gasteiger partial charge >= 0.3 is 0 Å². The van der Waals surface area contributed by atoms with Gasteiger partial charge in [0, 0.05) is 18.2 Å². The van der Waals surface area contributed by atoms with Gasteiger partial charge in [0.05, 0.1) is 18.7 Å². The number of benzene rings is 1. The van der Waals surface area contributed by atoms with E-state index in [0.29, 0.717) is 0 Å². The summed E-state index contributed by atoms with van der Waals surface area (Å²) in [5.41, 5.74) is -1.13. The Morgan fingerprint density at radius 3 is 2.73 bits per heavy atom. The molecule has 1 N–H and O–H groups in total. The molecule has 22 heavy (non-hydrogen) atoms. The quantitative estimate of drug-likeness (QED) is 0.810. The Balaban J connectivity index is 1.98. The largest absolute Gasteiger partial charge is 0.473 e. The van der Waals surface area contributed by atoms with Gasteiger partial charge in [-0.15, -0.1) is 0 Å². The van der Waals surface area contributed by atoms with E-state index in [9.17, 15) is 13.6 Å². The second-order valence-electron chi connectivity index (χ2n) is 5.89. The van der Waals surface area contributed by atoms with Crippen LogP contribution in [-0.2, 0) is 4.79 Å². The highest BCUT2D eigenvalue weighted by Gasteiger charge is 2.57. The molecule has 2 aliphatic heterocycles. The summed E-state index contributed by atoms with van der Waals surface area (Å²) in [6, 6.07) is 1.90. The first-order chi connectivity index (χ1) is 10.4. The van der Waals surface area contributed by atoms with Crippen molar-refractivity contribution >= 4 is 11.6 Å². The van der Waals surface area contributed by atoms with Gasteiger partial charge in [-0.1, -0.05) is 0 Å². The number of fused-ring (bicyclic) bond motifs is 1. The smallest absolute Gasteiger partial charge is 0.284 e. The third-order valence-electron chi connectivity index (χ3n) is 4.14. The van der Waals surface area contributed by atoms with Crippen LogP contribution in [0.5, 0.6) is 5.75 Å². The Morgan fingerprint density at radius 1 is 1.45 bits per heavy atom. The standard InChI is InChI=1S/C15H15F2N3O2/c1-8(2)20-7-15(6-13(20)18-3)14(21)19-11-4-9(16)10(17)5-12(11)22-15/h4-5,8,13H,6-7H2,1-2H3,(H,19,21)/t13-,15+/m0/s1. The van der Waals surface area contributed by atoms with E-state index < -0.39 is 29.3 Å². The minimum atomic E-state index is -1.24. The molecule has 2 heterocycles. The van der Waals surface area contributed by atoms with E-state index >= 15 is 0 Å². The van der Waals surface area contributed by atoms with Crippen molar-refractivity contribution in [3.8, 4) is 5.75 Å². The number of hydrogen-bond acceptors (Lipinski definition) is 3. The molecular weight excluding hydrogens is 292 g/mol. The van der Waals surface area contributed by atoms with E-state index in [1.54, 1.807) is 0 Å². The lowest BCUT2D eigenvalue weighted by Gasteiger charge is -2.34. The summed E-state index contributed by atoms with van der Waals surface area (Å²) in [7, 11) is 0. The van der Waals surface area contributed by atoms with Crippen molar-refractivity contribution in [2.45, 2.75) is 38.1 Å². The van der Waals surface area contributed by atoms with Crippen molar-refractivity contribution in [3.63, 3.8) is 0 Å². The van der Waals surface area contributed by atoms with Crippen molar-refractivity contribution in [3.05, 3.63) is 35.2 Å². The van der Waals surface area contributed by atoms with Gasteiger partial charge in [-0.3, -0.25) is 9.64 Å². The normalized spacial score (nSPS) is 27.5. The number of hydrogen-bond donors (Lipinski definition) is 1. The molecule has 1 fully saturated rings. The zero-order chi connectivity index (χ0) is 16.1. The summed E-state index contributed by atoms with van der Waals surface area (Å²) < 4.78 is 32.4. The lowest BCUT2D eigenvalue weighted by Crippen LogP contribution is -2.53. The number of anilines is 1. The fourth-order valence-electron chi connectivity index (χ4n) is 2.97. The van der Waals surface area contributed by atoms with E-state index in [1.807, 2.05) is 18.7 Å². The number of carbonyl (C=O) groups is 1. The number of ether oxygens (including phenoxy) is 1. The van der Waals surface area contributed by atoms with Crippen LogP contribution in [0.2, 0.25) is 0 Å². The fourth-order valence-corrected chi connectivity index (χ4v) is 2.97. The van der Waals surface area contributed by atoms with Crippen LogP contribution in [0.15, 0.2) is 12.1 Å². The molecular formula is C15H15F2N3O2. The first kappa shape index (κ1) is 14.7. The Morgan fingerprint density at radius 2 is 2.14 bits per heavy atom. The van der Waals surface area contributed by atoms with Crippen LogP contribution in [0, 0.1) is 18.2 Å².